The molecule has 2 aromatic rings. The molecule has 1 amide bonds. The fourth-order valence-electron chi connectivity index (χ4n) is 6.57. The second kappa shape index (κ2) is 11.3. The summed E-state index contributed by atoms with van der Waals surface area (Å²) in [6, 6.07) is 7.11. The molecular weight excluding hydrogens is 619 g/mol. The van der Waals surface area contributed by atoms with Crippen molar-refractivity contribution in [2.75, 3.05) is 44.7 Å². The van der Waals surface area contributed by atoms with Crippen molar-refractivity contribution in [3.05, 3.63) is 44.7 Å². The number of pyridine rings is 1. The Kier molecular flexibility index (Phi) is 7.91. The lowest BCUT2D eigenvalue weighted by Gasteiger charge is -2.47. The third-order valence-electron chi connectivity index (χ3n) is 8.75. The molecule has 40 heavy (non-hydrogen) atoms. The van der Waals surface area contributed by atoms with Gasteiger partial charge in [-0.2, -0.15) is 0 Å². The number of ether oxygens (including phenoxy) is 3. The molecule has 216 valence electrons. The number of carbonyl (C=O) groups excluding carboxylic acids is 1. The summed E-state index contributed by atoms with van der Waals surface area (Å²) in [5.41, 5.74) is 4.46. The molecule has 9 heteroatoms. The zero-order chi connectivity index (χ0) is 28.0. The van der Waals surface area contributed by atoms with Crippen molar-refractivity contribution in [3.63, 3.8) is 0 Å². The molecule has 8 nitrogen and oxygen atoms in total. The largest absolute Gasteiger partial charge is 0.484 e. The number of amides is 1. The van der Waals surface area contributed by atoms with E-state index in [0.29, 0.717) is 17.9 Å². The number of rotatable bonds is 3. The van der Waals surface area contributed by atoms with Crippen LogP contribution in [0, 0.1) is 3.57 Å². The predicted octanol–water partition coefficient (Wildman–Crippen LogP) is 6.58. The molecule has 6 rings (SSSR count). The summed E-state index contributed by atoms with van der Waals surface area (Å²) in [7, 11) is 0. The van der Waals surface area contributed by atoms with E-state index in [1.165, 1.54) is 20.3 Å². The number of carbonyl (C=O) groups is 1. The van der Waals surface area contributed by atoms with E-state index < -0.39 is 5.60 Å². The quantitative estimate of drug-likeness (QED) is 0.373. The van der Waals surface area contributed by atoms with Crippen LogP contribution in [0.15, 0.2) is 24.4 Å². The maximum absolute atomic E-state index is 12.3. The third-order valence-corrected chi connectivity index (χ3v) is 9.68. The number of halogens is 1. The first kappa shape index (κ1) is 28.0. The minimum Gasteiger partial charge on any atom is -0.484 e. The van der Waals surface area contributed by atoms with Crippen LogP contribution < -0.4 is 10.1 Å². The van der Waals surface area contributed by atoms with Gasteiger partial charge in [-0.3, -0.25) is 4.90 Å². The van der Waals surface area contributed by atoms with Crippen molar-refractivity contribution in [3.8, 4) is 5.75 Å². The molecule has 1 unspecified atom stereocenters. The molecule has 0 aliphatic carbocycles. The van der Waals surface area contributed by atoms with E-state index in [1.807, 2.05) is 31.9 Å². The average molecular weight is 661 g/mol. The molecule has 1 atom stereocenters. The highest BCUT2D eigenvalue weighted by Crippen LogP contribution is 2.45. The van der Waals surface area contributed by atoms with Crippen LogP contribution in [0.25, 0.3) is 0 Å². The summed E-state index contributed by atoms with van der Waals surface area (Å²) < 4.78 is 19.0. The fourth-order valence-corrected chi connectivity index (χ4v) is 7.45. The van der Waals surface area contributed by atoms with Crippen molar-refractivity contribution in [2.45, 2.75) is 83.0 Å². The lowest BCUT2D eigenvalue weighted by Crippen LogP contribution is -2.62. The Balaban J connectivity index is 1.13. The van der Waals surface area contributed by atoms with Crippen LogP contribution in [-0.4, -0.2) is 71.9 Å². The van der Waals surface area contributed by atoms with Gasteiger partial charge in [-0.1, -0.05) is 0 Å². The summed E-state index contributed by atoms with van der Waals surface area (Å²) in [5.74, 6) is 2.79. The summed E-state index contributed by atoms with van der Waals surface area (Å²) in [4.78, 5) is 21.5. The molecule has 0 saturated carbocycles. The van der Waals surface area contributed by atoms with Gasteiger partial charge in [0, 0.05) is 47.7 Å². The second-order valence-electron chi connectivity index (χ2n) is 12.7. The van der Waals surface area contributed by atoms with E-state index in [0.717, 1.165) is 82.3 Å². The molecule has 1 aromatic carbocycles. The standard InChI is InChI=1S/C31H41IN4O4/c1-19-28-23(21-8-13-38-14-9-21)5-10-33-29(28)34-26-15-24(25(32)16-27(26)39-19)20-6-11-35(12-7-20)22-17-36(18-22)30(37)40-31(2,3)4/h5,10,15-16,19-22H,6-9,11-14,17-18H2,1-4H3,(H,33,34). The van der Waals surface area contributed by atoms with Crippen LogP contribution in [-0.2, 0) is 9.47 Å². The summed E-state index contributed by atoms with van der Waals surface area (Å²) in [6.45, 7) is 13.1. The molecule has 1 aromatic heterocycles. The van der Waals surface area contributed by atoms with Crippen molar-refractivity contribution in [1.82, 2.24) is 14.8 Å². The number of nitrogens with zero attached hydrogens (tertiary/aromatic N) is 3. The number of nitrogens with one attached hydrogen (secondary N) is 1. The number of hydrogen-bond acceptors (Lipinski definition) is 7. The van der Waals surface area contributed by atoms with Gasteiger partial charge in [-0.25, -0.2) is 9.78 Å². The van der Waals surface area contributed by atoms with Gasteiger partial charge >= 0.3 is 6.09 Å². The first-order valence-electron chi connectivity index (χ1n) is 14.7. The Bertz CT molecular complexity index is 1240. The zero-order valence-electron chi connectivity index (χ0n) is 24.0. The van der Waals surface area contributed by atoms with Crippen LogP contribution in [0.2, 0.25) is 0 Å². The Morgan fingerprint density at radius 2 is 1.77 bits per heavy atom. The number of fused-ring (bicyclic) bond motifs is 2. The van der Waals surface area contributed by atoms with Crippen LogP contribution in [0.5, 0.6) is 5.75 Å². The molecule has 3 fully saturated rings. The monoisotopic (exact) mass is 660 g/mol. The molecule has 0 radical (unpaired) electrons. The maximum Gasteiger partial charge on any atom is 0.410 e. The number of piperidine rings is 1. The van der Waals surface area contributed by atoms with E-state index in [-0.39, 0.29) is 12.2 Å². The molecular formula is C31H41IN4O4. The van der Waals surface area contributed by atoms with Gasteiger partial charge in [-0.05, 0) is 130 Å². The van der Waals surface area contributed by atoms with Gasteiger partial charge in [0.05, 0.1) is 5.69 Å². The first-order valence-corrected chi connectivity index (χ1v) is 15.8. The number of aromatic nitrogens is 1. The summed E-state index contributed by atoms with van der Waals surface area (Å²) >= 11 is 2.48. The summed E-state index contributed by atoms with van der Waals surface area (Å²) in [6.07, 6.45) is 5.95. The van der Waals surface area contributed by atoms with E-state index >= 15 is 0 Å². The number of hydrogen-bond donors (Lipinski definition) is 1. The number of likely N-dealkylation sites (tertiary alicyclic amines) is 2. The van der Waals surface area contributed by atoms with Crippen molar-refractivity contribution >= 4 is 40.2 Å². The third kappa shape index (κ3) is 5.79. The van der Waals surface area contributed by atoms with Gasteiger partial charge in [0.2, 0.25) is 0 Å². The lowest BCUT2D eigenvalue weighted by molar-refractivity contribution is -0.0196. The van der Waals surface area contributed by atoms with Gasteiger partial charge in [0.25, 0.3) is 0 Å². The Labute approximate surface area is 251 Å². The molecule has 5 heterocycles. The second-order valence-corrected chi connectivity index (χ2v) is 13.8. The summed E-state index contributed by atoms with van der Waals surface area (Å²) in [5, 5.41) is 3.67. The van der Waals surface area contributed by atoms with Crippen LogP contribution in [0.1, 0.15) is 88.0 Å². The van der Waals surface area contributed by atoms with E-state index in [4.69, 9.17) is 19.2 Å². The highest BCUT2D eigenvalue weighted by Gasteiger charge is 2.39. The SMILES string of the molecule is CC1Oc2cc(I)c(C3CCN(C4CN(C(=O)OC(C)(C)C)C4)CC3)cc2Nc2nccc(C3CCOCC3)c21. The number of anilines is 2. The molecule has 4 aliphatic heterocycles. The molecule has 0 spiro atoms. The minimum atomic E-state index is -0.450. The van der Waals surface area contributed by atoms with E-state index in [9.17, 15) is 4.79 Å². The zero-order valence-corrected chi connectivity index (χ0v) is 26.2. The predicted molar refractivity (Wildman–Crippen MR) is 164 cm³/mol. The van der Waals surface area contributed by atoms with E-state index in [1.54, 1.807) is 0 Å². The Hall–Kier alpha value is -2.11. The van der Waals surface area contributed by atoms with Crippen LogP contribution in [0.4, 0.5) is 16.3 Å². The Morgan fingerprint density at radius 3 is 2.48 bits per heavy atom. The average Bonchev–Trinajstić information content (AvgIpc) is 3.02. The van der Waals surface area contributed by atoms with Gasteiger partial charge in [0.15, 0.2) is 0 Å². The molecule has 0 bridgehead atoms. The van der Waals surface area contributed by atoms with Gasteiger partial charge < -0.3 is 24.4 Å². The van der Waals surface area contributed by atoms with Gasteiger partial charge in [-0.15, -0.1) is 0 Å². The topological polar surface area (TPSA) is 76.2 Å². The first-order chi connectivity index (χ1) is 19.2. The van der Waals surface area contributed by atoms with Crippen molar-refractivity contribution in [1.29, 1.82) is 0 Å². The van der Waals surface area contributed by atoms with Crippen LogP contribution in [0.3, 0.4) is 0 Å². The highest BCUT2D eigenvalue weighted by molar-refractivity contribution is 14.1. The normalized spacial score (nSPS) is 22.8. The smallest absolute Gasteiger partial charge is 0.410 e. The van der Waals surface area contributed by atoms with E-state index in [2.05, 4.69) is 57.9 Å². The fraction of sp³-hybridized carbons (Fsp3) is 0.613. The maximum atomic E-state index is 12.3. The number of benzene rings is 1. The molecule has 4 aliphatic rings. The van der Waals surface area contributed by atoms with Crippen molar-refractivity contribution in [2.24, 2.45) is 0 Å². The van der Waals surface area contributed by atoms with Crippen LogP contribution >= 0.6 is 22.6 Å². The highest BCUT2D eigenvalue weighted by atomic mass is 127. The van der Waals surface area contributed by atoms with Crippen molar-refractivity contribution < 1.29 is 19.0 Å². The molecule has 1 N–H and O–H groups in total. The molecule has 3 saturated heterocycles. The minimum absolute atomic E-state index is 0.0806. The lowest BCUT2D eigenvalue weighted by atomic mass is 9.87. The van der Waals surface area contributed by atoms with Gasteiger partial charge in [0.1, 0.15) is 23.3 Å². The Morgan fingerprint density at radius 1 is 1.07 bits per heavy atom.